The summed E-state index contributed by atoms with van der Waals surface area (Å²) in [4.78, 5) is 15.9. The van der Waals surface area contributed by atoms with Crippen molar-refractivity contribution in [2.75, 3.05) is 40.3 Å². The van der Waals surface area contributed by atoms with E-state index in [1.165, 1.54) is 12.8 Å². The molecule has 1 aliphatic carbocycles. The quantitative estimate of drug-likeness (QED) is 0.562. The minimum Gasteiger partial charge on any atom is -0.378 e. The van der Waals surface area contributed by atoms with Gasteiger partial charge in [-0.3, -0.25) is 4.79 Å². The maximum Gasteiger partial charge on any atom is 0.298 e. The number of piperidine rings is 1. The van der Waals surface area contributed by atoms with Crippen molar-refractivity contribution in [1.29, 1.82) is 0 Å². The Morgan fingerprint density at radius 1 is 1.25 bits per heavy atom. The number of amides is 1. The van der Waals surface area contributed by atoms with Gasteiger partial charge in [0.1, 0.15) is 0 Å². The Labute approximate surface area is 122 Å². The van der Waals surface area contributed by atoms with Crippen molar-refractivity contribution in [1.82, 2.24) is 9.80 Å². The molecular weight excluding hydrogens is 252 g/mol. The summed E-state index contributed by atoms with van der Waals surface area (Å²) >= 11 is 0. The van der Waals surface area contributed by atoms with E-state index in [1.807, 2.05) is 4.90 Å². The molecular formula is C16H26N2O2. The summed E-state index contributed by atoms with van der Waals surface area (Å²) in [6.07, 6.45) is 5.61. The van der Waals surface area contributed by atoms with E-state index >= 15 is 0 Å². The molecule has 2 aliphatic rings. The van der Waals surface area contributed by atoms with Gasteiger partial charge in [0, 0.05) is 25.6 Å². The predicted octanol–water partition coefficient (Wildman–Crippen LogP) is 1.36. The van der Waals surface area contributed by atoms with Gasteiger partial charge in [-0.25, -0.2) is 0 Å². The van der Waals surface area contributed by atoms with Crippen LogP contribution in [0.5, 0.6) is 0 Å². The van der Waals surface area contributed by atoms with Gasteiger partial charge in [0.05, 0.1) is 6.10 Å². The zero-order chi connectivity index (χ0) is 14.4. The lowest BCUT2D eigenvalue weighted by atomic mass is 10.1. The molecule has 0 atom stereocenters. The lowest BCUT2D eigenvalue weighted by Gasteiger charge is -2.30. The van der Waals surface area contributed by atoms with Crippen LogP contribution in [0.25, 0.3) is 0 Å². The van der Waals surface area contributed by atoms with E-state index in [-0.39, 0.29) is 5.91 Å². The molecule has 1 amide bonds. The zero-order valence-corrected chi connectivity index (χ0v) is 12.7. The normalized spacial score (nSPS) is 19.9. The van der Waals surface area contributed by atoms with Crippen LogP contribution in [0.1, 0.15) is 32.1 Å². The SMILES string of the molecule is CN(C)CCCOC1CCN(C(=O)C#CC2CC2)CC1. The van der Waals surface area contributed by atoms with Gasteiger partial charge >= 0.3 is 0 Å². The molecule has 112 valence electrons. The Morgan fingerprint density at radius 2 is 1.95 bits per heavy atom. The first-order valence-corrected chi connectivity index (χ1v) is 7.72. The molecule has 0 spiro atoms. The number of likely N-dealkylation sites (tertiary alicyclic amines) is 1. The van der Waals surface area contributed by atoms with Gasteiger partial charge in [0.25, 0.3) is 5.91 Å². The summed E-state index contributed by atoms with van der Waals surface area (Å²) in [7, 11) is 4.15. The molecule has 0 radical (unpaired) electrons. The van der Waals surface area contributed by atoms with Gasteiger partial charge in [-0.2, -0.15) is 0 Å². The minimum absolute atomic E-state index is 0.00274. The van der Waals surface area contributed by atoms with Crippen LogP contribution in [0.15, 0.2) is 0 Å². The fraction of sp³-hybridized carbons (Fsp3) is 0.812. The van der Waals surface area contributed by atoms with Crippen LogP contribution in [0.3, 0.4) is 0 Å². The lowest BCUT2D eigenvalue weighted by molar-refractivity contribution is -0.127. The van der Waals surface area contributed by atoms with Crippen molar-refractivity contribution in [3.05, 3.63) is 0 Å². The first-order valence-electron chi connectivity index (χ1n) is 7.72. The van der Waals surface area contributed by atoms with Gasteiger partial charge in [-0.1, -0.05) is 5.92 Å². The molecule has 0 N–H and O–H groups in total. The lowest BCUT2D eigenvalue weighted by Crippen LogP contribution is -2.40. The minimum atomic E-state index is 0.00274. The van der Waals surface area contributed by atoms with Crippen LogP contribution in [0.2, 0.25) is 0 Å². The highest BCUT2D eigenvalue weighted by Gasteiger charge is 2.23. The Kier molecular flexibility index (Phi) is 5.87. The largest absolute Gasteiger partial charge is 0.378 e. The molecule has 4 nitrogen and oxygen atoms in total. The smallest absolute Gasteiger partial charge is 0.298 e. The van der Waals surface area contributed by atoms with Gasteiger partial charge in [-0.05, 0) is 58.7 Å². The Hall–Kier alpha value is -1.05. The van der Waals surface area contributed by atoms with E-state index in [0.717, 1.165) is 45.5 Å². The number of carbonyl (C=O) groups excluding carboxylic acids is 1. The van der Waals surface area contributed by atoms with Gasteiger partial charge in [-0.15, -0.1) is 0 Å². The Bertz CT molecular complexity index is 372. The molecule has 0 unspecified atom stereocenters. The topological polar surface area (TPSA) is 32.8 Å². The van der Waals surface area contributed by atoms with Crippen LogP contribution in [0, 0.1) is 17.8 Å². The Morgan fingerprint density at radius 3 is 2.55 bits per heavy atom. The van der Waals surface area contributed by atoms with Gasteiger partial charge in [0.15, 0.2) is 0 Å². The Balaban J connectivity index is 1.60. The van der Waals surface area contributed by atoms with E-state index in [2.05, 4.69) is 30.8 Å². The average molecular weight is 278 g/mol. The van der Waals surface area contributed by atoms with E-state index in [1.54, 1.807) is 0 Å². The highest BCUT2D eigenvalue weighted by atomic mass is 16.5. The van der Waals surface area contributed by atoms with Crippen molar-refractivity contribution in [2.24, 2.45) is 5.92 Å². The highest BCUT2D eigenvalue weighted by Crippen LogP contribution is 2.27. The summed E-state index contributed by atoms with van der Waals surface area (Å²) in [6.45, 7) is 3.46. The molecule has 0 aromatic rings. The van der Waals surface area contributed by atoms with Crippen molar-refractivity contribution in [2.45, 2.75) is 38.2 Å². The van der Waals surface area contributed by atoms with E-state index in [0.29, 0.717) is 12.0 Å². The van der Waals surface area contributed by atoms with Crippen LogP contribution in [0.4, 0.5) is 0 Å². The number of hydrogen-bond donors (Lipinski definition) is 0. The number of rotatable bonds is 5. The third-order valence-corrected chi connectivity index (χ3v) is 3.79. The molecule has 2 fully saturated rings. The van der Waals surface area contributed by atoms with Gasteiger partial charge in [0.2, 0.25) is 0 Å². The maximum atomic E-state index is 11.9. The first-order chi connectivity index (χ1) is 9.65. The predicted molar refractivity (Wildman–Crippen MR) is 79.2 cm³/mol. The summed E-state index contributed by atoms with van der Waals surface area (Å²) < 4.78 is 5.87. The molecule has 1 aliphatic heterocycles. The van der Waals surface area contributed by atoms with Gasteiger partial charge < -0.3 is 14.5 Å². The summed E-state index contributed by atoms with van der Waals surface area (Å²) in [5.41, 5.74) is 0. The second-order valence-electron chi connectivity index (χ2n) is 6.06. The molecule has 4 heteroatoms. The summed E-state index contributed by atoms with van der Waals surface area (Å²) in [5.74, 6) is 6.32. The third-order valence-electron chi connectivity index (χ3n) is 3.79. The monoisotopic (exact) mass is 278 g/mol. The van der Waals surface area contributed by atoms with Crippen molar-refractivity contribution >= 4 is 5.91 Å². The van der Waals surface area contributed by atoms with Crippen molar-refractivity contribution in [3.63, 3.8) is 0 Å². The van der Waals surface area contributed by atoms with Crippen LogP contribution >= 0.6 is 0 Å². The van der Waals surface area contributed by atoms with E-state index < -0.39 is 0 Å². The molecule has 1 heterocycles. The van der Waals surface area contributed by atoms with Crippen molar-refractivity contribution < 1.29 is 9.53 Å². The zero-order valence-electron chi connectivity index (χ0n) is 12.7. The molecule has 0 bridgehead atoms. The van der Waals surface area contributed by atoms with E-state index in [9.17, 15) is 4.79 Å². The van der Waals surface area contributed by atoms with Crippen LogP contribution in [-0.2, 0) is 9.53 Å². The molecule has 2 rings (SSSR count). The maximum absolute atomic E-state index is 11.9. The molecule has 0 aromatic heterocycles. The number of ether oxygens (including phenoxy) is 1. The van der Waals surface area contributed by atoms with E-state index in [4.69, 9.17) is 4.74 Å². The average Bonchev–Trinajstić information content (AvgIpc) is 3.25. The summed E-state index contributed by atoms with van der Waals surface area (Å²) in [5, 5.41) is 0. The highest BCUT2D eigenvalue weighted by molar-refractivity contribution is 5.93. The third kappa shape index (κ3) is 5.52. The molecule has 1 saturated carbocycles. The number of hydrogen-bond acceptors (Lipinski definition) is 3. The first kappa shape index (κ1) is 15.3. The summed E-state index contributed by atoms with van der Waals surface area (Å²) in [6, 6.07) is 0. The number of nitrogens with zero attached hydrogens (tertiary/aromatic N) is 2. The fourth-order valence-electron chi connectivity index (χ4n) is 2.33. The fourth-order valence-corrected chi connectivity index (χ4v) is 2.33. The van der Waals surface area contributed by atoms with Crippen LogP contribution in [-0.4, -0.2) is 62.1 Å². The molecule has 1 saturated heterocycles. The second-order valence-corrected chi connectivity index (χ2v) is 6.06. The standard InChI is InChI=1S/C16H26N2O2/c1-17(2)10-3-13-20-15-8-11-18(12-9-15)16(19)7-6-14-4-5-14/h14-15H,3-5,8-13H2,1-2H3. The number of carbonyl (C=O) groups is 1. The molecule has 20 heavy (non-hydrogen) atoms. The second kappa shape index (κ2) is 7.66. The molecule has 0 aromatic carbocycles. The van der Waals surface area contributed by atoms with Crippen LogP contribution < -0.4 is 0 Å². The van der Waals surface area contributed by atoms with Crippen molar-refractivity contribution in [3.8, 4) is 11.8 Å².